The van der Waals surface area contributed by atoms with Gasteiger partial charge in [-0.25, -0.2) is 4.79 Å². The fraction of sp³-hybridized carbons (Fsp3) is 0.532. The third-order valence-corrected chi connectivity index (χ3v) is 16.0. The van der Waals surface area contributed by atoms with Crippen molar-refractivity contribution in [2.45, 2.75) is 160 Å². The molecule has 4 aliphatic rings. The van der Waals surface area contributed by atoms with E-state index < -0.39 is 28.8 Å². The van der Waals surface area contributed by atoms with Crippen LogP contribution < -0.4 is 14.8 Å². The Morgan fingerprint density at radius 1 is 0.882 bits per heavy atom. The van der Waals surface area contributed by atoms with E-state index in [1.165, 1.54) is 57.1 Å². The number of hydrogen-bond acceptors (Lipinski definition) is 11. The van der Waals surface area contributed by atoms with E-state index >= 15 is 4.79 Å². The number of carbonyl (C=O) groups is 2. The molecule has 1 heterocycles. The molecule has 76 heavy (non-hydrogen) atoms. The number of allylic oxidation sites excluding steroid dienone is 1. The number of nitro benzene ring substituents is 1. The summed E-state index contributed by atoms with van der Waals surface area (Å²) in [5.74, 6) is -1.67. The van der Waals surface area contributed by atoms with Gasteiger partial charge in [0.05, 0.1) is 23.2 Å². The van der Waals surface area contributed by atoms with Gasteiger partial charge in [-0.1, -0.05) is 137 Å². The van der Waals surface area contributed by atoms with Crippen LogP contribution in [0.15, 0.2) is 114 Å². The van der Waals surface area contributed by atoms with Crippen LogP contribution in [0.2, 0.25) is 0 Å². The average molecular weight is 1040 g/mol. The summed E-state index contributed by atoms with van der Waals surface area (Å²) in [7, 11) is 0. The number of nitro groups is 1. The smallest absolute Gasteiger partial charge is 0.412 e. The Bertz CT molecular complexity index is 2630. The molecule has 2 amide bonds. The number of aliphatic hydroxyl groups excluding tert-OH is 2. The molecule has 14 heteroatoms. The molecule has 0 spiro atoms. The lowest BCUT2D eigenvalue weighted by molar-refractivity contribution is -0.384. The molecule has 4 aromatic rings. The van der Waals surface area contributed by atoms with E-state index in [9.17, 15) is 25.1 Å². The molecule has 8 rings (SSSR count). The molecule has 6 unspecified atom stereocenters. The zero-order chi connectivity index (χ0) is 53.3. The van der Waals surface area contributed by atoms with Crippen molar-refractivity contribution in [3.05, 3.63) is 136 Å². The molecule has 0 saturated heterocycles. The quantitative estimate of drug-likeness (QED) is 0.0190. The van der Waals surface area contributed by atoms with Crippen molar-refractivity contribution in [2.75, 3.05) is 26.4 Å². The lowest BCUT2D eigenvalue weighted by Crippen LogP contribution is -2.70. The van der Waals surface area contributed by atoms with Crippen LogP contribution in [-0.2, 0) is 27.5 Å². The van der Waals surface area contributed by atoms with Gasteiger partial charge in [-0.15, -0.1) is 6.58 Å². The van der Waals surface area contributed by atoms with E-state index in [0.29, 0.717) is 42.2 Å². The molecule has 2 fully saturated rings. The maximum atomic E-state index is 15.3. The highest BCUT2D eigenvalue weighted by Crippen LogP contribution is 2.62. The van der Waals surface area contributed by atoms with E-state index in [1.54, 1.807) is 24.3 Å². The number of aliphatic hydroxyl groups is 2. The number of hydrogen-bond donors (Lipinski definition) is 3. The number of oxime groups is 1. The molecule has 3 aliphatic carbocycles. The second kappa shape index (κ2) is 27.8. The maximum absolute atomic E-state index is 15.3. The standard InChI is InChI=1S/C62H80N4O10/c1-3-5-6-7-8-9-10-11-12-17-35-63-61(70)75-50-33-34-56-54(40-50)58-52(26-16-19-37-68)47(22-15-18-36-67)39-53-55(64-74-43-44-27-31-49(32-28-44)66(71)72)41-57(62(76-56,59(53)58)73-38-4-2)65(60(69)46-29-30-46)42-48-24-20-23-45-21-13-14-25-51(45)48/h4,13-14,20-21,23-25,27-28,31-34,39-40,46-47,52,57-59,67-68H,2-3,5-12,15-19,22,26,29-30,35-38,41-43H2,1H3,(H,63,70). The fourth-order valence-corrected chi connectivity index (χ4v) is 12.1. The summed E-state index contributed by atoms with van der Waals surface area (Å²) in [5.41, 5.74) is 4.01. The Morgan fingerprint density at radius 2 is 1.59 bits per heavy atom. The Morgan fingerprint density at radius 3 is 2.30 bits per heavy atom. The third kappa shape index (κ3) is 13.9. The van der Waals surface area contributed by atoms with Crippen LogP contribution in [0.4, 0.5) is 10.5 Å². The van der Waals surface area contributed by atoms with Crippen LogP contribution in [0.5, 0.6) is 11.5 Å². The molecule has 1 aliphatic heterocycles. The third-order valence-electron chi connectivity index (χ3n) is 16.0. The minimum atomic E-state index is -1.48. The van der Waals surface area contributed by atoms with Crippen molar-refractivity contribution in [3.8, 4) is 11.5 Å². The summed E-state index contributed by atoms with van der Waals surface area (Å²) in [6.45, 7) is 7.39. The topological polar surface area (TPSA) is 182 Å². The number of unbranched alkanes of at least 4 members (excludes halogenated alkanes) is 11. The molecular weight excluding hydrogens is 961 g/mol. The summed E-state index contributed by atoms with van der Waals surface area (Å²) in [6, 6.07) is 25.4. The highest BCUT2D eigenvalue weighted by molar-refractivity contribution is 6.03. The number of carbonyl (C=O) groups excluding carboxylic acids is 2. The van der Waals surface area contributed by atoms with Gasteiger partial charge in [0, 0.05) is 62.3 Å². The van der Waals surface area contributed by atoms with Crippen LogP contribution in [0.1, 0.15) is 152 Å². The van der Waals surface area contributed by atoms with Gasteiger partial charge >= 0.3 is 6.09 Å². The highest BCUT2D eigenvalue weighted by atomic mass is 16.7. The number of fused-ring (bicyclic) bond motifs is 3. The van der Waals surface area contributed by atoms with Crippen LogP contribution in [0.25, 0.3) is 10.8 Å². The molecule has 2 saturated carbocycles. The van der Waals surface area contributed by atoms with E-state index in [4.69, 9.17) is 24.2 Å². The monoisotopic (exact) mass is 1040 g/mol. The zero-order valence-corrected chi connectivity index (χ0v) is 44.6. The number of ether oxygens (including phenoxy) is 3. The normalized spacial score (nSPS) is 22.0. The van der Waals surface area contributed by atoms with E-state index in [2.05, 4.69) is 49.2 Å². The van der Waals surface area contributed by atoms with Crippen molar-refractivity contribution in [1.82, 2.24) is 10.2 Å². The first kappa shape index (κ1) is 56.1. The van der Waals surface area contributed by atoms with Gasteiger partial charge < -0.3 is 39.5 Å². The first-order valence-electron chi connectivity index (χ1n) is 28.4. The molecule has 4 aromatic carbocycles. The van der Waals surface area contributed by atoms with Gasteiger partial charge in [-0.3, -0.25) is 14.9 Å². The summed E-state index contributed by atoms with van der Waals surface area (Å²) < 4.78 is 20.8. The first-order valence-corrected chi connectivity index (χ1v) is 28.4. The summed E-state index contributed by atoms with van der Waals surface area (Å²) in [6.07, 6.45) is 21.5. The predicted octanol–water partition coefficient (Wildman–Crippen LogP) is 13.0. The van der Waals surface area contributed by atoms with Crippen molar-refractivity contribution in [3.63, 3.8) is 0 Å². The second-order valence-corrected chi connectivity index (χ2v) is 21.3. The van der Waals surface area contributed by atoms with Crippen LogP contribution >= 0.6 is 0 Å². The average Bonchev–Trinajstić information content (AvgIpc) is 4.32. The van der Waals surface area contributed by atoms with Gasteiger partial charge in [-0.05, 0) is 115 Å². The Balaban J connectivity index is 1.20. The van der Waals surface area contributed by atoms with E-state index in [1.807, 2.05) is 35.2 Å². The largest absolute Gasteiger partial charge is 0.459 e. The summed E-state index contributed by atoms with van der Waals surface area (Å²) >= 11 is 0. The minimum Gasteiger partial charge on any atom is -0.459 e. The molecular formula is C62H80N4O10. The van der Waals surface area contributed by atoms with Gasteiger partial charge in [-0.2, -0.15) is 0 Å². The maximum Gasteiger partial charge on any atom is 0.412 e. The Hall–Kier alpha value is -6.09. The fourth-order valence-electron chi connectivity index (χ4n) is 12.1. The van der Waals surface area contributed by atoms with Crippen LogP contribution in [-0.4, -0.2) is 75.9 Å². The highest BCUT2D eigenvalue weighted by Gasteiger charge is 2.66. The number of rotatable bonds is 31. The van der Waals surface area contributed by atoms with Crippen molar-refractivity contribution < 1.29 is 43.8 Å². The molecule has 408 valence electrons. The lowest BCUT2D eigenvalue weighted by Gasteiger charge is -2.60. The van der Waals surface area contributed by atoms with Crippen LogP contribution in [0.3, 0.4) is 0 Å². The predicted molar refractivity (Wildman–Crippen MR) is 296 cm³/mol. The summed E-state index contributed by atoms with van der Waals surface area (Å²) in [4.78, 5) is 48.1. The molecule has 0 aromatic heterocycles. The van der Waals surface area contributed by atoms with E-state index in [-0.39, 0.29) is 74.7 Å². The number of non-ortho nitro benzene ring substituents is 1. The van der Waals surface area contributed by atoms with Crippen molar-refractivity contribution in [1.29, 1.82) is 0 Å². The van der Waals surface area contributed by atoms with Gasteiger partial charge in [0.25, 0.3) is 5.69 Å². The minimum absolute atomic E-state index is 0.00814. The molecule has 0 bridgehead atoms. The van der Waals surface area contributed by atoms with Gasteiger partial charge in [0.2, 0.25) is 11.7 Å². The number of amides is 2. The van der Waals surface area contributed by atoms with E-state index in [0.717, 1.165) is 85.3 Å². The summed E-state index contributed by atoms with van der Waals surface area (Å²) in [5, 5.41) is 41.7. The molecule has 3 N–H and O–H groups in total. The SMILES string of the molecule is C=CCOC12Oc3ccc(OC(=O)NCCCCCCCCCCCC)cc3C3C(CCCCO)C(CCCCO)C=C(C(=NOCc4ccc([N+](=O)[O-])cc4)CC1N(Cc1cccc4ccccc14)C(=O)C1CC1)C32. The number of nitrogens with one attached hydrogen (secondary N) is 1. The second-order valence-electron chi connectivity index (χ2n) is 21.3. The van der Waals surface area contributed by atoms with Crippen molar-refractivity contribution >= 4 is 34.2 Å². The van der Waals surface area contributed by atoms with Gasteiger partial charge in [0.15, 0.2) is 0 Å². The van der Waals surface area contributed by atoms with Crippen molar-refractivity contribution in [2.24, 2.45) is 28.8 Å². The Kier molecular flexibility index (Phi) is 20.5. The first-order chi connectivity index (χ1) is 37.2. The zero-order valence-electron chi connectivity index (χ0n) is 44.6. The lowest BCUT2D eigenvalue weighted by atomic mass is 9.55. The molecule has 14 nitrogen and oxygen atoms in total. The number of nitrogens with zero attached hydrogens (tertiary/aromatic N) is 3. The number of benzene rings is 4. The Labute approximate surface area is 449 Å². The van der Waals surface area contributed by atoms with Crippen LogP contribution in [0, 0.1) is 33.8 Å². The van der Waals surface area contributed by atoms with Gasteiger partial charge in [0.1, 0.15) is 24.1 Å². The molecule has 6 atom stereocenters. The molecule has 0 radical (unpaired) electrons.